The summed E-state index contributed by atoms with van der Waals surface area (Å²) in [5, 5.41) is 9.30. The molecule has 2 aliphatic rings. The fourth-order valence-electron chi connectivity index (χ4n) is 2.60. The minimum absolute atomic E-state index is 0.0129. The first-order valence-electron chi connectivity index (χ1n) is 7.40. The Balaban J connectivity index is 1.53. The molecule has 2 aliphatic heterocycles. The highest BCUT2D eigenvalue weighted by atomic mass is 16.2. The monoisotopic (exact) mass is 269 g/mol. The van der Waals surface area contributed by atoms with E-state index in [1.807, 2.05) is 0 Å². The molecule has 2 rings (SSSR count). The Bertz CT molecular complexity index is 272. The highest BCUT2D eigenvalue weighted by molar-refractivity contribution is 5.74. The van der Waals surface area contributed by atoms with E-state index in [4.69, 9.17) is 0 Å². The van der Waals surface area contributed by atoms with Crippen molar-refractivity contribution < 1.29 is 4.79 Å². The van der Waals surface area contributed by atoms with Crippen molar-refractivity contribution in [1.82, 2.24) is 25.8 Å². The number of urea groups is 1. The zero-order valence-corrected chi connectivity index (χ0v) is 12.0. The van der Waals surface area contributed by atoms with Crippen LogP contribution >= 0.6 is 0 Å². The summed E-state index contributed by atoms with van der Waals surface area (Å²) in [6, 6.07) is 0.325. The first-order chi connectivity index (χ1) is 9.24. The highest BCUT2D eigenvalue weighted by Crippen LogP contribution is 2.01. The van der Waals surface area contributed by atoms with Crippen LogP contribution in [0.4, 0.5) is 4.79 Å². The molecule has 0 spiro atoms. The zero-order chi connectivity index (χ0) is 13.5. The van der Waals surface area contributed by atoms with E-state index in [1.54, 1.807) is 0 Å². The molecule has 2 fully saturated rings. The fourth-order valence-corrected chi connectivity index (χ4v) is 2.60. The van der Waals surface area contributed by atoms with E-state index >= 15 is 0 Å². The molecule has 110 valence electrons. The molecular weight excluding hydrogens is 242 g/mol. The molecule has 6 heteroatoms. The number of nitrogens with one attached hydrogen (secondary N) is 3. The lowest BCUT2D eigenvalue weighted by Crippen LogP contribution is -2.50. The SMILES string of the molecule is CN1CCN(CCNC(=O)NC2CCNCC2)CC1. The Labute approximate surface area is 115 Å². The number of piperazine rings is 1. The average Bonchev–Trinajstić information content (AvgIpc) is 2.42. The van der Waals surface area contributed by atoms with Crippen molar-refractivity contribution in [3.8, 4) is 0 Å². The number of nitrogens with zero attached hydrogens (tertiary/aromatic N) is 2. The topological polar surface area (TPSA) is 59.6 Å². The summed E-state index contributed by atoms with van der Waals surface area (Å²) >= 11 is 0. The second kappa shape index (κ2) is 7.67. The van der Waals surface area contributed by atoms with E-state index in [-0.39, 0.29) is 6.03 Å². The van der Waals surface area contributed by atoms with Gasteiger partial charge in [-0.25, -0.2) is 4.79 Å². The summed E-state index contributed by atoms with van der Waals surface area (Å²) in [5.74, 6) is 0. The van der Waals surface area contributed by atoms with Gasteiger partial charge < -0.3 is 20.9 Å². The normalized spacial score (nSPS) is 23.2. The Hall–Kier alpha value is -0.850. The van der Waals surface area contributed by atoms with Gasteiger partial charge in [-0.15, -0.1) is 0 Å². The number of carbonyl (C=O) groups is 1. The van der Waals surface area contributed by atoms with Crippen LogP contribution in [-0.4, -0.2) is 81.3 Å². The van der Waals surface area contributed by atoms with Crippen LogP contribution in [0, 0.1) is 0 Å². The number of carbonyl (C=O) groups excluding carboxylic acids is 1. The minimum atomic E-state index is -0.0129. The average molecular weight is 269 g/mol. The molecule has 3 N–H and O–H groups in total. The zero-order valence-electron chi connectivity index (χ0n) is 12.0. The Morgan fingerprint density at radius 1 is 1.21 bits per heavy atom. The lowest BCUT2D eigenvalue weighted by atomic mass is 10.1. The standard InChI is InChI=1S/C13H27N5O/c1-17-8-10-18(11-9-17)7-6-15-13(19)16-12-2-4-14-5-3-12/h12,14H,2-11H2,1H3,(H2,15,16,19). The van der Waals surface area contributed by atoms with Gasteiger partial charge in [-0.1, -0.05) is 0 Å². The van der Waals surface area contributed by atoms with E-state index in [0.29, 0.717) is 6.04 Å². The summed E-state index contributed by atoms with van der Waals surface area (Å²) in [4.78, 5) is 16.5. The molecule has 0 aromatic rings. The van der Waals surface area contributed by atoms with Gasteiger partial charge in [-0.05, 0) is 33.0 Å². The predicted molar refractivity (Wildman–Crippen MR) is 76.4 cm³/mol. The van der Waals surface area contributed by atoms with Gasteiger partial charge in [0.15, 0.2) is 0 Å². The molecule has 0 saturated carbocycles. The fraction of sp³-hybridized carbons (Fsp3) is 0.923. The van der Waals surface area contributed by atoms with Crippen molar-refractivity contribution in [1.29, 1.82) is 0 Å². The van der Waals surface area contributed by atoms with Gasteiger partial charge in [0.2, 0.25) is 0 Å². The van der Waals surface area contributed by atoms with Gasteiger partial charge in [-0.3, -0.25) is 4.90 Å². The number of hydrogen-bond acceptors (Lipinski definition) is 4. The van der Waals surface area contributed by atoms with Crippen molar-refractivity contribution >= 4 is 6.03 Å². The lowest BCUT2D eigenvalue weighted by Gasteiger charge is -2.32. The molecule has 2 saturated heterocycles. The van der Waals surface area contributed by atoms with Crippen molar-refractivity contribution in [2.45, 2.75) is 18.9 Å². The van der Waals surface area contributed by atoms with Crippen LogP contribution in [0.15, 0.2) is 0 Å². The molecule has 0 aliphatic carbocycles. The number of piperidine rings is 1. The van der Waals surface area contributed by atoms with E-state index in [1.165, 1.54) is 0 Å². The van der Waals surface area contributed by atoms with Gasteiger partial charge >= 0.3 is 6.03 Å². The molecule has 0 bridgehead atoms. The van der Waals surface area contributed by atoms with Crippen LogP contribution in [0.5, 0.6) is 0 Å². The molecular formula is C13H27N5O. The van der Waals surface area contributed by atoms with Crippen molar-refractivity contribution in [3.05, 3.63) is 0 Å². The first kappa shape index (κ1) is 14.6. The number of hydrogen-bond donors (Lipinski definition) is 3. The van der Waals surface area contributed by atoms with Crippen LogP contribution < -0.4 is 16.0 Å². The largest absolute Gasteiger partial charge is 0.337 e. The van der Waals surface area contributed by atoms with E-state index in [0.717, 1.165) is 65.2 Å². The van der Waals surface area contributed by atoms with Crippen LogP contribution in [-0.2, 0) is 0 Å². The Kier molecular flexibility index (Phi) is 5.88. The molecule has 2 amide bonds. The number of amides is 2. The molecule has 2 heterocycles. The van der Waals surface area contributed by atoms with Crippen LogP contribution in [0.3, 0.4) is 0 Å². The second-order valence-electron chi connectivity index (χ2n) is 5.57. The summed E-state index contributed by atoms with van der Waals surface area (Å²) < 4.78 is 0. The summed E-state index contributed by atoms with van der Waals surface area (Å²) in [5.41, 5.74) is 0. The maximum absolute atomic E-state index is 11.7. The first-order valence-corrected chi connectivity index (χ1v) is 7.40. The summed E-state index contributed by atoms with van der Waals surface area (Å²) in [6.07, 6.45) is 2.07. The van der Waals surface area contributed by atoms with E-state index < -0.39 is 0 Å². The molecule has 0 aromatic carbocycles. The maximum atomic E-state index is 11.7. The van der Waals surface area contributed by atoms with Gasteiger partial charge in [0.1, 0.15) is 0 Å². The van der Waals surface area contributed by atoms with Gasteiger partial charge in [0.05, 0.1) is 0 Å². The number of likely N-dealkylation sites (N-methyl/N-ethyl adjacent to an activating group) is 1. The third-order valence-electron chi connectivity index (χ3n) is 3.98. The molecule has 0 unspecified atom stereocenters. The van der Waals surface area contributed by atoms with E-state index in [2.05, 4.69) is 32.8 Å². The van der Waals surface area contributed by atoms with Crippen LogP contribution in [0.2, 0.25) is 0 Å². The van der Waals surface area contributed by atoms with Crippen LogP contribution in [0.25, 0.3) is 0 Å². The van der Waals surface area contributed by atoms with Crippen molar-refractivity contribution in [2.24, 2.45) is 0 Å². The molecule has 19 heavy (non-hydrogen) atoms. The minimum Gasteiger partial charge on any atom is -0.337 e. The third-order valence-corrected chi connectivity index (χ3v) is 3.98. The van der Waals surface area contributed by atoms with E-state index in [9.17, 15) is 4.79 Å². The predicted octanol–water partition coefficient (Wildman–Crippen LogP) is -0.715. The smallest absolute Gasteiger partial charge is 0.315 e. The van der Waals surface area contributed by atoms with Gasteiger partial charge in [-0.2, -0.15) is 0 Å². The quantitative estimate of drug-likeness (QED) is 0.631. The number of rotatable bonds is 4. The second-order valence-corrected chi connectivity index (χ2v) is 5.57. The third kappa shape index (κ3) is 5.34. The molecule has 0 atom stereocenters. The molecule has 6 nitrogen and oxygen atoms in total. The Morgan fingerprint density at radius 2 is 1.89 bits per heavy atom. The summed E-state index contributed by atoms with van der Waals surface area (Å²) in [7, 11) is 2.15. The maximum Gasteiger partial charge on any atom is 0.315 e. The highest BCUT2D eigenvalue weighted by Gasteiger charge is 2.16. The van der Waals surface area contributed by atoms with Crippen LogP contribution in [0.1, 0.15) is 12.8 Å². The lowest BCUT2D eigenvalue weighted by molar-refractivity contribution is 0.154. The summed E-state index contributed by atoms with van der Waals surface area (Å²) in [6.45, 7) is 8.16. The van der Waals surface area contributed by atoms with Crippen molar-refractivity contribution in [3.63, 3.8) is 0 Å². The van der Waals surface area contributed by atoms with Crippen molar-refractivity contribution in [2.75, 3.05) is 59.4 Å². The molecule has 0 radical (unpaired) electrons. The van der Waals surface area contributed by atoms with Gasteiger partial charge in [0, 0.05) is 45.3 Å². The molecule has 0 aromatic heterocycles. The Morgan fingerprint density at radius 3 is 2.58 bits per heavy atom. The van der Waals surface area contributed by atoms with Gasteiger partial charge in [0.25, 0.3) is 0 Å².